The van der Waals surface area contributed by atoms with Gasteiger partial charge < -0.3 is 5.73 Å². The van der Waals surface area contributed by atoms with Crippen molar-refractivity contribution < 1.29 is 0 Å². The number of fused-ring (bicyclic) bond motifs is 1. The molecule has 1 aliphatic heterocycles. The lowest BCUT2D eigenvalue weighted by Crippen LogP contribution is -2.31. The lowest BCUT2D eigenvalue weighted by atomic mass is 9.96. The Hall–Kier alpha value is -2.43. The van der Waals surface area contributed by atoms with Crippen molar-refractivity contribution in [3.63, 3.8) is 0 Å². The molecule has 1 aliphatic rings. The molecule has 5 nitrogen and oxygen atoms in total. The van der Waals surface area contributed by atoms with Crippen molar-refractivity contribution in [1.29, 1.82) is 5.41 Å². The third-order valence-electron chi connectivity index (χ3n) is 3.35. The van der Waals surface area contributed by atoms with Gasteiger partial charge in [0.1, 0.15) is 0 Å². The van der Waals surface area contributed by atoms with Crippen molar-refractivity contribution in [3.8, 4) is 0 Å². The molecule has 1 aromatic heterocycles. The molecule has 0 saturated carbocycles. The van der Waals surface area contributed by atoms with Crippen LogP contribution in [-0.4, -0.2) is 28.2 Å². The third kappa shape index (κ3) is 1.93. The second-order valence-corrected chi connectivity index (χ2v) is 4.73. The highest BCUT2D eigenvalue weighted by Crippen LogP contribution is 2.24. The van der Waals surface area contributed by atoms with Crippen molar-refractivity contribution in [1.82, 2.24) is 9.99 Å². The first-order valence-electron chi connectivity index (χ1n) is 6.21. The molecule has 3 N–H and O–H groups in total. The van der Waals surface area contributed by atoms with Gasteiger partial charge in [0, 0.05) is 23.1 Å². The summed E-state index contributed by atoms with van der Waals surface area (Å²) in [5.41, 5.74) is 8.50. The summed E-state index contributed by atoms with van der Waals surface area (Å²) in [4.78, 5) is 4.36. The quantitative estimate of drug-likeness (QED) is 0.600. The van der Waals surface area contributed by atoms with Gasteiger partial charge in [-0.2, -0.15) is 5.10 Å². The predicted octanol–water partition coefficient (Wildman–Crippen LogP) is 1.78. The minimum atomic E-state index is -0.0137. The summed E-state index contributed by atoms with van der Waals surface area (Å²) in [5.74, 6) is 0.231. The number of hydrogen-bond acceptors (Lipinski definition) is 3. The van der Waals surface area contributed by atoms with E-state index in [0.717, 1.165) is 22.2 Å². The summed E-state index contributed by atoms with van der Waals surface area (Å²) in [5, 5.41) is 14.6. The molecule has 0 fully saturated rings. The summed E-state index contributed by atoms with van der Waals surface area (Å²) < 4.78 is 0. The van der Waals surface area contributed by atoms with Gasteiger partial charge >= 0.3 is 0 Å². The summed E-state index contributed by atoms with van der Waals surface area (Å²) >= 11 is 0. The van der Waals surface area contributed by atoms with Crippen LogP contribution in [-0.2, 0) is 0 Å². The second kappa shape index (κ2) is 4.35. The van der Waals surface area contributed by atoms with Crippen molar-refractivity contribution in [2.75, 3.05) is 6.54 Å². The van der Waals surface area contributed by atoms with Crippen LogP contribution in [0.3, 0.4) is 0 Å². The maximum Gasteiger partial charge on any atom is 0.209 e. The van der Waals surface area contributed by atoms with E-state index >= 15 is 0 Å². The maximum absolute atomic E-state index is 7.48. The maximum atomic E-state index is 7.48. The number of nitrogens with zero attached hydrogens (tertiary/aromatic N) is 3. The Morgan fingerprint density at radius 2 is 2.16 bits per heavy atom. The molecular weight excluding hydrogens is 238 g/mol. The number of aromatic nitrogens is 1. The molecular formula is C14H15N5. The Labute approximate surface area is 111 Å². The van der Waals surface area contributed by atoms with Crippen LogP contribution in [0.15, 0.2) is 41.6 Å². The number of nitrogens with two attached hydrogens (primary N) is 1. The van der Waals surface area contributed by atoms with Crippen molar-refractivity contribution >= 4 is 22.6 Å². The molecule has 19 heavy (non-hydrogen) atoms. The van der Waals surface area contributed by atoms with E-state index in [1.807, 2.05) is 30.3 Å². The molecule has 0 radical (unpaired) electrons. The fraction of sp³-hybridized carbons (Fsp3) is 0.214. The van der Waals surface area contributed by atoms with Crippen molar-refractivity contribution in [3.05, 3.63) is 42.1 Å². The summed E-state index contributed by atoms with van der Waals surface area (Å²) in [6, 6.07) is 9.98. The first kappa shape index (κ1) is 11.6. The number of nitrogens with one attached hydrogen (secondary N) is 1. The Bertz CT molecular complexity index is 671. The highest BCUT2D eigenvalue weighted by Gasteiger charge is 2.26. The zero-order chi connectivity index (χ0) is 13.4. The van der Waals surface area contributed by atoms with E-state index in [1.165, 1.54) is 5.01 Å². The smallest absolute Gasteiger partial charge is 0.209 e. The van der Waals surface area contributed by atoms with E-state index in [4.69, 9.17) is 11.1 Å². The zero-order valence-corrected chi connectivity index (χ0v) is 10.7. The average molecular weight is 253 g/mol. The van der Waals surface area contributed by atoms with Crippen LogP contribution in [0, 0.1) is 11.3 Å². The van der Waals surface area contributed by atoms with Crippen LogP contribution in [0.1, 0.15) is 12.5 Å². The Kier molecular flexibility index (Phi) is 2.67. The molecule has 3 rings (SSSR count). The topological polar surface area (TPSA) is 78.4 Å². The van der Waals surface area contributed by atoms with Crippen LogP contribution in [0.25, 0.3) is 10.9 Å². The average Bonchev–Trinajstić information content (AvgIpc) is 2.80. The summed E-state index contributed by atoms with van der Waals surface area (Å²) in [6.07, 6.45) is 1.79. The summed E-state index contributed by atoms with van der Waals surface area (Å²) in [6.45, 7) is 2.75. The molecule has 0 spiro atoms. The molecule has 0 bridgehead atoms. The lowest BCUT2D eigenvalue weighted by Gasteiger charge is -2.10. The Morgan fingerprint density at radius 1 is 1.37 bits per heavy atom. The normalized spacial score (nSPS) is 18.7. The highest BCUT2D eigenvalue weighted by molar-refractivity contribution is 6.12. The molecule has 1 aromatic carbocycles. The van der Waals surface area contributed by atoms with E-state index in [9.17, 15) is 0 Å². The molecule has 96 valence electrons. The van der Waals surface area contributed by atoms with E-state index in [0.29, 0.717) is 6.54 Å². The number of rotatable bonds is 1. The molecule has 2 heterocycles. The van der Waals surface area contributed by atoms with Gasteiger partial charge in [-0.25, -0.2) is 5.01 Å². The van der Waals surface area contributed by atoms with E-state index in [2.05, 4.69) is 17.0 Å². The van der Waals surface area contributed by atoms with Gasteiger partial charge in [0.15, 0.2) is 0 Å². The molecule has 2 aromatic rings. The Balaban J connectivity index is 2.14. The van der Waals surface area contributed by atoms with Gasteiger partial charge in [0.05, 0.1) is 17.8 Å². The second-order valence-electron chi connectivity index (χ2n) is 4.73. The van der Waals surface area contributed by atoms with Crippen LogP contribution in [0.5, 0.6) is 0 Å². The molecule has 1 atom stereocenters. The first-order chi connectivity index (χ1) is 9.16. The standard InChI is InChI=1S/C14H15N5/c1-9-8-19(14(15)16)18-13(9)11-6-7-17-12-5-3-2-4-10(11)12/h2-7,9H,8H2,1H3,(H3,15,16). The fourth-order valence-corrected chi connectivity index (χ4v) is 2.41. The number of hydrogen-bond donors (Lipinski definition) is 2. The molecule has 5 heteroatoms. The molecule has 0 amide bonds. The van der Waals surface area contributed by atoms with Gasteiger partial charge in [-0.05, 0) is 12.1 Å². The summed E-state index contributed by atoms with van der Waals surface area (Å²) in [7, 11) is 0. The number of para-hydroxylation sites is 1. The van der Waals surface area contributed by atoms with Gasteiger partial charge in [0.25, 0.3) is 0 Å². The zero-order valence-electron chi connectivity index (χ0n) is 10.7. The number of pyridine rings is 1. The number of hydrazone groups is 1. The van der Waals surface area contributed by atoms with Gasteiger partial charge in [0.2, 0.25) is 5.96 Å². The number of benzene rings is 1. The van der Waals surface area contributed by atoms with E-state index in [1.54, 1.807) is 6.20 Å². The van der Waals surface area contributed by atoms with Crippen molar-refractivity contribution in [2.45, 2.75) is 6.92 Å². The van der Waals surface area contributed by atoms with Gasteiger partial charge in [-0.3, -0.25) is 10.4 Å². The van der Waals surface area contributed by atoms with Crippen LogP contribution in [0.2, 0.25) is 0 Å². The SMILES string of the molecule is CC1CN(C(=N)N)N=C1c1ccnc2ccccc12. The van der Waals surface area contributed by atoms with Crippen molar-refractivity contribution in [2.24, 2.45) is 16.8 Å². The minimum Gasteiger partial charge on any atom is -0.369 e. The Morgan fingerprint density at radius 3 is 2.89 bits per heavy atom. The number of guanidine groups is 1. The molecule has 0 aliphatic carbocycles. The predicted molar refractivity (Wildman–Crippen MR) is 76.1 cm³/mol. The van der Waals surface area contributed by atoms with Gasteiger partial charge in [-0.15, -0.1) is 0 Å². The monoisotopic (exact) mass is 253 g/mol. The van der Waals surface area contributed by atoms with E-state index < -0.39 is 0 Å². The largest absolute Gasteiger partial charge is 0.369 e. The fourth-order valence-electron chi connectivity index (χ4n) is 2.41. The van der Waals surface area contributed by atoms with Crippen LogP contribution >= 0.6 is 0 Å². The lowest BCUT2D eigenvalue weighted by molar-refractivity contribution is 0.448. The highest BCUT2D eigenvalue weighted by atomic mass is 15.5. The van der Waals surface area contributed by atoms with Crippen LogP contribution < -0.4 is 5.73 Å². The van der Waals surface area contributed by atoms with E-state index in [-0.39, 0.29) is 11.9 Å². The molecule has 0 saturated heterocycles. The van der Waals surface area contributed by atoms with Gasteiger partial charge in [-0.1, -0.05) is 25.1 Å². The minimum absolute atomic E-state index is 0.0137. The first-order valence-corrected chi connectivity index (χ1v) is 6.21. The van der Waals surface area contributed by atoms with Crippen LogP contribution in [0.4, 0.5) is 0 Å². The third-order valence-corrected chi connectivity index (χ3v) is 3.35. The molecule has 1 unspecified atom stereocenters.